The monoisotopic (exact) mass is 326 g/mol. The first-order valence-electron chi connectivity index (χ1n) is 7.78. The summed E-state index contributed by atoms with van der Waals surface area (Å²) in [7, 11) is 0. The van der Waals surface area contributed by atoms with Crippen LogP contribution in [0.15, 0.2) is 10.8 Å². The van der Waals surface area contributed by atoms with Gasteiger partial charge < -0.3 is 0 Å². The molecule has 19 heavy (non-hydrogen) atoms. The van der Waals surface area contributed by atoms with Crippen LogP contribution in [0.4, 0.5) is 0 Å². The third kappa shape index (κ3) is 7.05. The lowest BCUT2D eigenvalue weighted by atomic mass is 10.1. The quantitative estimate of drug-likeness (QED) is 0.531. The maximum atomic E-state index is 4.62. The molecule has 0 bridgehead atoms. The van der Waals surface area contributed by atoms with Gasteiger partial charge in [-0.1, -0.05) is 52.4 Å². The number of aryl methyl sites for hydroxylation is 2. The van der Waals surface area contributed by atoms with Crippen LogP contribution in [-0.2, 0) is 12.8 Å². The molecule has 108 valence electrons. The van der Waals surface area contributed by atoms with Gasteiger partial charge in [0.05, 0.1) is 11.4 Å². The van der Waals surface area contributed by atoms with E-state index >= 15 is 0 Å². The van der Waals surface area contributed by atoms with Crippen LogP contribution >= 0.6 is 15.9 Å². The molecule has 0 fully saturated rings. The van der Waals surface area contributed by atoms with E-state index in [1.54, 1.807) is 0 Å². The van der Waals surface area contributed by atoms with Gasteiger partial charge in [-0.25, -0.2) is 4.98 Å². The Morgan fingerprint density at radius 1 is 0.895 bits per heavy atom. The highest BCUT2D eigenvalue weighted by molar-refractivity contribution is 9.10. The van der Waals surface area contributed by atoms with Crippen molar-refractivity contribution in [3.63, 3.8) is 0 Å². The molecule has 0 amide bonds. The van der Waals surface area contributed by atoms with E-state index in [0.29, 0.717) is 0 Å². The summed E-state index contributed by atoms with van der Waals surface area (Å²) in [6, 6.07) is 0. The summed E-state index contributed by atoms with van der Waals surface area (Å²) in [4.78, 5) is 9.19. The Hall–Kier alpha value is -0.440. The van der Waals surface area contributed by atoms with Gasteiger partial charge in [0, 0.05) is 6.20 Å². The van der Waals surface area contributed by atoms with Crippen molar-refractivity contribution in [2.24, 2.45) is 0 Å². The molecule has 0 aromatic carbocycles. The average Bonchev–Trinajstić information content (AvgIpc) is 2.42. The molecule has 0 atom stereocenters. The lowest BCUT2D eigenvalue weighted by Gasteiger charge is -2.06. The maximum absolute atomic E-state index is 4.62. The Kier molecular flexibility index (Phi) is 9.06. The molecule has 0 aliphatic carbocycles. The zero-order valence-electron chi connectivity index (χ0n) is 12.4. The molecule has 1 heterocycles. The number of hydrogen-bond donors (Lipinski definition) is 0. The highest BCUT2D eigenvalue weighted by Crippen LogP contribution is 2.16. The second-order valence-corrected chi connectivity index (χ2v) is 5.97. The van der Waals surface area contributed by atoms with E-state index in [0.717, 1.165) is 28.8 Å². The van der Waals surface area contributed by atoms with Crippen LogP contribution in [0.25, 0.3) is 0 Å². The van der Waals surface area contributed by atoms with Gasteiger partial charge in [0.2, 0.25) is 0 Å². The van der Waals surface area contributed by atoms with Crippen LogP contribution in [0.3, 0.4) is 0 Å². The maximum Gasteiger partial charge on any atom is 0.127 e. The highest BCUT2D eigenvalue weighted by atomic mass is 79.9. The van der Waals surface area contributed by atoms with E-state index in [1.165, 1.54) is 51.4 Å². The van der Waals surface area contributed by atoms with E-state index < -0.39 is 0 Å². The molecule has 0 spiro atoms. The third-order valence-electron chi connectivity index (χ3n) is 3.40. The number of nitrogens with zero attached hydrogens (tertiary/aromatic N) is 2. The fourth-order valence-electron chi connectivity index (χ4n) is 2.17. The van der Waals surface area contributed by atoms with Gasteiger partial charge in [-0.3, -0.25) is 4.98 Å². The first-order valence-corrected chi connectivity index (χ1v) is 8.57. The lowest BCUT2D eigenvalue weighted by molar-refractivity contribution is 0.648. The first-order chi connectivity index (χ1) is 9.27. The van der Waals surface area contributed by atoms with Crippen molar-refractivity contribution in [2.45, 2.75) is 78.1 Å². The molecule has 0 unspecified atom stereocenters. The number of halogens is 1. The predicted octanol–water partition coefficient (Wildman–Crippen LogP) is 5.48. The minimum absolute atomic E-state index is 0.956. The van der Waals surface area contributed by atoms with Gasteiger partial charge in [-0.05, 0) is 41.6 Å². The standard InChI is InChI=1S/C16H27BrN2/c1-3-5-7-9-11-14-13-18-15(16(17)19-14)12-10-8-6-4-2/h13H,3-12H2,1-2H3. The third-order valence-corrected chi connectivity index (χ3v) is 4.04. The van der Waals surface area contributed by atoms with E-state index in [2.05, 4.69) is 39.7 Å². The van der Waals surface area contributed by atoms with Crippen molar-refractivity contribution in [2.75, 3.05) is 0 Å². The second kappa shape index (κ2) is 10.4. The van der Waals surface area contributed by atoms with Gasteiger partial charge in [-0.15, -0.1) is 0 Å². The minimum atomic E-state index is 0.956. The zero-order valence-corrected chi connectivity index (χ0v) is 14.0. The number of hydrogen-bond acceptors (Lipinski definition) is 2. The fourth-order valence-corrected chi connectivity index (χ4v) is 2.69. The predicted molar refractivity (Wildman–Crippen MR) is 85.4 cm³/mol. The van der Waals surface area contributed by atoms with E-state index in [4.69, 9.17) is 0 Å². The smallest absolute Gasteiger partial charge is 0.127 e. The van der Waals surface area contributed by atoms with Gasteiger partial charge in [0.15, 0.2) is 0 Å². The largest absolute Gasteiger partial charge is 0.257 e. The van der Waals surface area contributed by atoms with Gasteiger partial charge in [-0.2, -0.15) is 0 Å². The number of unbranched alkanes of at least 4 members (excludes halogenated alkanes) is 6. The molecule has 1 aromatic rings. The minimum Gasteiger partial charge on any atom is -0.257 e. The van der Waals surface area contributed by atoms with Gasteiger partial charge in [0.1, 0.15) is 4.60 Å². The lowest BCUT2D eigenvalue weighted by Crippen LogP contribution is -1.99. The van der Waals surface area contributed by atoms with Crippen molar-refractivity contribution in [3.8, 4) is 0 Å². The van der Waals surface area contributed by atoms with E-state index in [1.807, 2.05) is 6.20 Å². The molecular weight excluding hydrogens is 300 g/mol. The highest BCUT2D eigenvalue weighted by Gasteiger charge is 2.05. The molecule has 1 aromatic heterocycles. The Bertz CT molecular complexity index is 353. The Labute approximate surface area is 126 Å². The summed E-state index contributed by atoms with van der Waals surface area (Å²) < 4.78 is 0.956. The van der Waals surface area contributed by atoms with Crippen LogP contribution < -0.4 is 0 Å². The van der Waals surface area contributed by atoms with Crippen LogP contribution in [0, 0.1) is 0 Å². The molecule has 0 aliphatic rings. The summed E-state index contributed by atoms with van der Waals surface area (Å²) >= 11 is 3.57. The summed E-state index contributed by atoms with van der Waals surface area (Å²) in [5.41, 5.74) is 2.24. The topological polar surface area (TPSA) is 25.8 Å². The fraction of sp³-hybridized carbons (Fsp3) is 0.750. The van der Waals surface area contributed by atoms with Crippen molar-refractivity contribution in [3.05, 3.63) is 22.2 Å². The molecular formula is C16H27BrN2. The van der Waals surface area contributed by atoms with Gasteiger partial charge in [0.25, 0.3) is 0 Å². The number of aromatic nitrogens is 2. The molecule has 2 nitrogen and oxygen atoms in total. The van der Waals surface area contributed by atoms with Gasteiger partial charge >= 0.3 is 0 Å². The zero-order chi connectivity index (χ0) is 13.9. The molecule has 0 saturated heterocycles. The summed E-state index contributed by atoms with van der Waals surface area (Å²) in [6.07, 6.45) is 14.3. The Morgan fingerprint density at radius 3 is 2.11 bits per heavy atom. The van der Waals surface area contributed by atoms with Crippen molar-refractivity contribution in [1.29, 1.82) is 0 Å². The van der Waals surface area contributed by atoms with E-state index in [9.17, 15) is 0 Å². The molecule has 3 heteroatoms. The van der Waals surface area contributed by atoms with Crippen LogP contribution in [0.1, 0.15) is 76.6 Å². The molecule has 0 aliphatic heterocycles. The van der Waals surface area contributed by atoms with Crippen molar-refractivity contribution >= 4 is 15.9 Å². The van der Waals surface area contributed by atoms with Crippen molar-refractivity contribution < 1.29 is 0 Å². The molecule has 1 rings (SSSR count). The molecule has 0 N–H and O–H groups in total. The second-order valence-electron chi connectivity index (χ2n) is 5.22. The number of rotatable bonds is 10. The molecule has 0 saturated carbocycles. The van der Waals surface area contributed by atoms with Crippen LogP contribution in [0.2, 0.25) is 0 Å². The SMILES string of the molecule is CCCCCCc1cnc(CCCCCC)c(Br)n1. The van der Waals surface area contributed by atoms with Crippen molar-refractivity contribution in [1.82, 2.24) is 9.97 Å². The Morgan fingerprint density at radius 2 is 1.53 bits per heavy atom. The van der Waals surface area contributed by atoms with Crippen LogP contribution in [-0.4, -0.2) is 9.97 Å². The Balaban J connectivity index is 2.36. The molecule has 0 radical (unpaired) electrons. The van der Waals surface area contributed by atoms with Crippen LogP contribution in [0.5, 0.6) is 0 Å². The average molecular weight is 327 g/mol. The first kappa shape index (κ1) is 16.6. The summed E-state index contributed by atoms with van der Waals surface area (Å²) in [6.45, 7) is 4.48. The summed E-state index contributed by atoms with van der Waals surface area (Å²) in [5.74, 6) is 0. The van der Waals surface area contributed by atoms with E-state index in [-0.39, 0.29) is 0 Å². The summed E-state index contributed by atoms with van der Waals surface area (Å²) in [5, 5.41) is 0. The normalized spacial score (nSPS) is 10.9.